The summed E-state index contributed by atoms with van der Waals surface area (Å²) in [5, 5.41) is 0. The summed E-state index contributed by atoms with van der Waals surface area (Å²) in [6, 6.07) is 99.2. The van der Waals surface area contributed by atoms with Crippen LogP contribution in [0.25, 0.3) is 11.1 Å². The number of benzene rings is 10. The molecule has 306 valence electrons. The predicted molar refractivity (Wildman–Crippen MR) is 271 cm³/mol. The largest absolute Gasteiger partial charge is 0.310 e. The molecule has 0 saturated carbocycles. The van der Waals surface area contributed by atoms with Crippen LogP contribution in [0.15, 0.2) is 279 Å². The average Bonchev–Trinajstić information content (AvgIpc) is 3.37. The molecule has 0 heterocycles. The average molecular weight is 823 g/mol. The van der Waals surface area contributed by atoms with E-state index in [1.54, 1.807) is 0 Å². The molecule has 0 aromatic heterocycles. The van der Waals surface area contributed by atoms with Crippen LogP contribution in [0.4, 0.5) is 68.2 Å². The van der Waals surface area contributed by atoms with Crippen molar-refractivity contribution in [2.24, 2.45) is 0 Å². The van der Waals surface area contributed by atoms with Crippen molar-refractivity contribution in [1.29, 1.82) is 0 Å². The van der Waals surface area contributed by atoms with Crippen LogP contribution in [0, 0.1) is 0 Å². The van der Waals surface area contributed by atoms with E-state index in [-0.39, 0.29) is 0 Å². The first-order valence-corrected chi connectivity index (χ1v) is 21.7. The molecule has 0 aliphatic heterocycles. The number of hydrogen-bond acceptors (Lipinski definition) is 4. The van der Waals surface area contributed by atoms with Crippen LogP contribution in [-0.4, -0.2) is 0 Å². The molecular formula is C60H46N4. The molecule has 0 bridgehead atoms. The summed E-state index contributed by atoms with van der Waals surface area (Å²) in [7, 11) is 0. The van der Waals surface area contributed by atoms with Gasteiger partial charge < -0.3 is 19.6 Å². The van der Waals surface area contributed by atoms with Crippen molar-refractivity contribution in [2.45, 2.75) is 0 Å². The second-order valence-corrected chi connectivity index (χ2v) is 15.5. The van der Waals surface area contributed by atoms with Gasteiger partial charge in [0.05, 0.1) is 0 Å². The fraction of sp³-hybridized carbons (Fsp3) is 0. The highest BCUT2D eigenvalue weighted by molar-refractivity contribution is 5.91. The van der Waals surface area contributed by atoms with Crippen LogP contribution >= 0.6 is 0 Å². The van der Waals surface area contributed by atoms with Gasteiger partial charge >= 0.3 is 0 Å². The van der Waals surface area contributed by atoms with Gasteiger partial charge in [-0.2, -0.15) is 0 Å². The number of rotatable bonds is 13. The second-order valence-electron chi connectivity index (χ2n) is 15.5. The van der Waals surface area contributed by atoms with E-state index in [4.69, 9.17) is 0 Å². The number of hydrogen-bond donors (Lipinski definition) is 0. The Balaban J connectivity index is 1.28. The standard InChI is InChI=1S/C60H46N4/c1-9-25-49(26-10-1)61(50-27-11-2-12-28-50)57-41-47(42-58(45-57)62(51-29-13-3-14-30-51)52-31-15-4-16-32-52)48-43-59(63(53-33-17-5-18-34-53)54-35-19-6-20-36-54)46-60(44-48)64(55-37-21-7-22-38-55)56-39-23-8-24-40-56/h1-46H. The molecule has 10 aromatic rings. The summed E-state index contributed by atoms with van der Waals surface area (Å²) >= 11 is 0. The zero-order valence-corrected chi connectivity index (χ0v) is 35.3. The van der Waals surface area contributed by atoms with E-state index in [2.05, 4.69) is 299 Å². The fourth-order valence-corrected chi connectivity index (χ4v) is 8.45. The minimum Gasteiger partial charge on any atom is -0.310 e. The Morgan fingerprint density at radius 3 is 0.422 bits per heavy atom. The Labute approximate surface area is 376 Å². The Bertz CT molecular complexity index is 2450. The maximum Gasteiger partial charge on any atom is 0.0488 e. The van der Waals surface area contributed by atoms with Crippen LogP contribution in [-0.2, 0) is 0 Å². The summed E-state index contributed by atoms with van der Waals surface area (Å²) in [6.07, 6.45) is 0. The van der Waals surface area contributed by atoms with Crippen LogP contribution < -0.4 is 19.6 Å². The molecule has 64 heavy (non-hydrogen) atoms. The van der Waals surface area contributed by atoms with Crippen LogP contribution in [0.5, 0.6) is 0 Å². The van der Waals surface area contributed by atoms with E-state index >= 15 is 0 Å². The van der Waals surface area contributed by atoms with E-state index in [0.717, 1.165) is 79.4 Å². The minimum atomic E-state index is 1.03. The van der Waals surface area contributed by atoms with Gasteiger partial charge in [-0.3, -0.25) is 0 Å². The molecule has 0 radical (unpaired) electrons. The zero-order valence-electron chi connectivity index (χ0n) is 35.3. The van der Waals surface area contributed by atoms with Crippen LogP contribution in [0.3, 0.4) is 0 Å². The van der Waals surface area contributed by atoms with Gasteiger partial charge in [0.1, 0.15) is 0 Å². The maximum atomic E-state index is 2.35. The maximum absolute atomic E-state index is 2.35. The first-order valence-electron chi connectivity index (χ1n) is 21.7. The van der Waals surface area contributed by atoms with Crippen molar-refractivity contribution < 1.29 is 0 Å². The molecule has 10 rings (SSSR count). The summed E-state index contributed by atoms with van der Waals surface area (Å²) in [4.78, 5) is 9.41. The molecule has 0 atom stereocenters. The van der Waals surface area contributed by atoms with Gasteiger partial charge in [-0.05, 0) is 145 Å². The molecule has 0 N–H and O–H groups in total. The Morgan fingerprint density at radius 2 is 0.281 bits per heavy atom. The number of anilines is 12. The minimum absolute atomic E-state index is 1.03. The molecule has 4 nitrogen and oxygen atoms in total. The molecule has 0 unspecified atom stereocenters. The van der Waals surface area contributed by atoms with Gasteiger partial charge in [0.15, 0.2) is 0 Å². The van der Waals surface area contributed by atoms with E-state index in [0.29, 0.717) is 0 Å². The van der Waals surface area contributed by atoms with Gasteiger partial charge in [0.25, 0.3) is 0 Å². The Hall–Kier alpha value is -8.60. The van der Waals surface area contributed by atoms with Crippen molar-refractivity contribution >= 4 is 68.2 Å². The first kappa shape index (κ1) is 39.5. The van der Waals surface area contributed by atoms with Gasteiger partial charge in [-0.1, -0.05) is 146 Å². The van der Waals surface area contributed by atoms with Gasteiger partial charge in [0.2, 0.25) is 0 Å². The normalized spacial score (nSPS) is 10.8. The van der Waals surface area contributed by atoms with E-state index in [1.807, 2.05) is 0 Å². The smallest absolute Gasteiger partial charge is 0.0488 e. The zero-order chi connectivity index (χ0) is 42.9. The van der Waals surface area contributed by atoms with E-state index < -0.39 is 0 Å². The SMILES string of the molecule is c1ccc(N(c2ccccc2)c2cc(-c3cc(N(c4ccccc4)c4ccccc4)cc(N(c4ccccc4)c4ccccc4)c3)cc(N(c3ccccc3)c3ccccc3)c2)cc1. The lowest BCUT2D eigenvalue weighted by Gasteiger charge is -2.31. The predicted octanol–water partition coefficient (Wildman–Crippen LogP) is 17.2. The monoisotopic (exact) mass is 822 g/mol. The van der Waals surface area contributed by atoms with Crippen molar-refractivity contribution in [3.63, 3.8) is 0 Å². The van der Waals surface area contributed by atoms with Gasteiger partial charge in [-0.25, -0.2) is 0 Å². The van der Waals surface area contributed by atoms with E-state index in [1.165, 1.54) is 0 Å². The second kappa shape index (κ2) is 18.6. The molecule has 0 aliphatic carbocycles. The quantitative estimate of drug-likeness (QED) is 0.115. The third-order valence-electron chi connectivity index (χ3n) is 11.3. The lowest BCUT2D eigenvalue weighted by molar-refractivity contribution is 1.24. The van der Waals surface area contributed by atoms with Gasteiger partial charge in [-0.15, -0.1) is 0 Å². The molecule has 4 heteroatoms. The summed E-state index contributed by atoms with van der Waals surface area (Å²) in [5.74, 6) is 0. The van der Waals surface area contributed by atoms with Crippen molar-refractivity contribution in [2.75, 3.05) is 19.6 Å². The van der Waals surface area contributed by atoms with Crippen LogP contribution in [0.1, 0.15) is 0 Å². The summed E-state index contributed by atoms with van der Waals surface area (Å²) in [6.45, 7) is 0. The molecular weight excluding hydrogens is 777 g/mol. The molecule has 0 saturated heterocycles. The third kappa shape index (κ3) is 8.49. The Kier molecular flexibility index (Phi) is 11.5. The number of nitrogens with zero attached hydrogens (tertiary/aromatic N) is 4. The Morgan fingerprint density at radius 1 is 0.141 bits per heavy atom. The van der Waals surface area contributed by atoms with E-state index in [9.17, 15) is 0 Å². The molecule has 0 aliphatic rings. The highest BCUT2D eigenvalue weighted by Gasteiger charge is 2.23. The molecule has 0 spiro atoms. The van der Waals surface area contributed by atoms with Crippen molar-refractivity contribution in [1.82, 2.24) is 0 Å². The molecule has 10 aromatic carbocycles. The summed E-state index contributed by atoms with van der Waals surface area (Å²) in [5.41, 5.74) is 14.8. The van der Waals surface area contributed by atoms with Crippen LogP contribution in [0.2, 0.25) is 0 Å². The first-order chi connectivity index (χ1) is 31.8. The third-order valence-corrected chi connectivity index (χ3v) is 11.3. The van der Waals surface area contributed by atoms with Gasteiger partial charge in [0, 0.05) is 68.2 Å². The topological polar surface area (TPSA) is 13.0 Å². The highest BCUT2D eigenvalue weighted by Crippen LogP contribution is 2.47. The lowest BCUT2D eigenvalue weighted by Crippen LogP contribution is -2.14. The van der Waals surface area contributed by atoms with Crippen molar-refractivity contribution in [3.8, 4) is 11.1 Å². The summed E-state index contributed by atoms with van der Waals surface area (Å²) < 4.78 is 0. The fourth-order valence-electron chi connectivity index (χ4n) is 8.45. The number of para-hydroxylation sites is 8. The van der Waals surface area contributed by atoms with Crippen molar-refractivity contribution in [3.05, 3.63) is 279 Å². The molecule has 0 fully saturated rings. The highest BCUT2D eigenvalue weighted by atomic mass is 15.2. The lowest BCUT2D eigenvalue weighted by atomic mass is 9.99. The molecule has 0 amide bonds.